The summed E-state index contributed by atoms with van der Waals surface area (Å²) >= 11 is 0. The predicted octanol–water partition coefficient (Wildman–Crippen LogP) is 12.1. The lowest BCUT2D eigenvalue weighted by molar-refractivity contribution is -0.870. The Labute approximate surface area is 331 Å². The van der Waals surface area contributed by atoms with Crippen molar-refractivity contribution in [3.8, 4) is 0 Å². The van der Waals surface area contributed by atoms with Crippen LogP contribution in [0.3, 0.4) is 0 Å². The molecular formula is C44H83NO8P+. The summed E-state index contributed by atoms with van der Waals surface area (Å²) in [7, 11) is 1.46. The first-order chi connectivity index (χ1) is 26.0. The Hall–Kier alpha value is -1.77. The van der Waals surface area contributed by atoms with Crippen LogP contribution in [0.4, 0.5) is 0 Å². The van der Waals surface area contributed by atoms with E-state index in [0.717, 1.165) is 77.0 Å². The van der Waals surface area contributed by atoms with Crippen molar-refractivity contribution in [2.75, 3.05) is 47.5 Å². The molecule has 0 aromatic heterocycles. The van der Waals surface area contributed by atoms with Crippen LogP contribution in [-0.4, -0.2) is 74.9 Å². The minimum absolute atomic E-state index is 0.0270. The molecule has 0 aliphatic rings. The number of rotatable bonds is 39. The predicted molar refractivity (Wildman–Crippen MR) is 224 cm³/mol. The van der Waals surface area contributed by atoms with Gasteiger partial charge in [0.1, 0.15) is 19.8 Å². The topological polar surface area (TPSA) is 108 Å². The standard InChI is InChI=1S/C44H82NO8P/c1-6-8-10-12-14-16-18-20-22-24-26-28-30-32-34-36-43(46)50-40-42(41-52-54(48,49)51-39-38-45(3,4)5)53-44(47)37-35-33-31-29-27-25-23-21-19-17-15-13-11-9-7-2/h17,19-23,42H,6-16,18,24-41H2,1-5H3/p+1/b19-17+,22-20+,23-21+/t42-/m1/s1. The van der Waals surface area contributed by atoms with Crippen molar-refractivity contribution in [3.63, 3.8) is 0 Å². The summed E-state index contributed by atoms with van der Waals surface area (Å²) in [5.74, 6) is -0.826. The zero-order valence-corrected chi connectivity index (χ0v) is 36.3. The van der Waals surface area contributed by atoms with Gasteiger partial charge in [0.25, 0.3) is 0 Å². The van der Waals surface area contributed by atoms with Crippen molar-refractivity contribution in [2.45, 2.75) is 187 Å². The molecule has 0 spiro atoms. The van der Waals surface area contributed by atoms with Gasteiger partial charge in [0, 0.05) is 12.8 Å². The maximum atomic E-state index is 12.7. The number of phosphoric ester groups is 1. The molecule has 10 heteroatoms. The number of phosphoric acid groups is 1. The van der Waals surface area contributed by atoms with E-state index < -0.39 is 26.5 Å². The Morgan fingerprint density at radius 1 is 0.574 bits per heavy atom. The van der Waals surface area contributed by atoms with E-state index in [1.54, 1.807) is 0 Å². The minimum Gasteiger partial charge on any atom is -0.462 e. The highest BCUT2D eigenvalue weighted by molar-refractivity contribution is 7.47. The number of unbranched alkanes of at least 4 members (excludes halogenated alkanes) is 20. The summed E-state index contributed by atoms with van der Waals surface area (Å²) < 4.78 is 34.3. The third-order valence-electron chi connectivity index (χ3n) is 9.17. The average Bonchev–Trinajstić information content (AvgIpc) is 3.12. The number of nitrogens with zero attached hydrogens (tertiary/aromatic N) is 1. The van der Waals surface area contributed by atoms with Crippen LogP contribution in [0.1, 0.15) is 181 Å². The van der Waals surface area contributed by atoms with E-state index in [1.165, 1.54) is 70.6 Å². The molecule has 0 radical (unpaired) electrons. The molecule has 0 bridgehead atoms. The number of quaternary nitrogens is 1. The number of carbonyl (C=O) groups is 2. The smallest absolute Gasteiger partial charge is 0.462 e. The molecule has 0 aromatic rings. The molecule has 0 amide bonds. The van der Waals surface area contributed by atoms with Gasteiger partial charge in [-0.25, -0.2) is 4.57 Å². The van der Waals surface area contributed by atoms with Crippen LogP contribution in [0.25, 0.3) is 0 Å². The van der Waals surface area contributed by atoms with Crippen LogP contribution in [-0.2, 0) is 32.7 Å². The van der Waals surface area contributed by atoms with Gasteiger partial charge in [-0.2, -0.15) is 0 Å². The molecule has 0 aromatic carbocycles. The molecule has 9 nitrogen and oxygen atoms in total. The van der Waals surface area contributed by atoms with E-state index in [4.69, 9.17) is 18.5 Å². The van der Waals surface area contributed by atoms with Gasteiger partial charge in [0.05, 0.1) is 27.7 Å². The number of ether oxygens (including phenoxy) is 2. The zero-order valence-electron chi connectivity index (χ0n) is 35.5. The van der Waals surface area contributed by atoms with Crippen molar-refractivity contribution >= 4 is 19.8 Å². The Bertz CT molecular complexity index is 1020. The van der Waals surface area contributed by atoms with Crippen LogP contribution >= 0.6 is 7.82 Å². The number of allylic oxidation sites excluding steroid dienone is 6. The van der Waals surface area contributed by atoms with E-state index in [1.807, 2.05) is 21.1 Å². The maximum Gasteiger partial charge on any atom is 0.472 e. The SMILES string of the molecule is CCCCCC/C=C/C=C/CCCCCCCC(=O)O[C@H](COC(=O)CCCCCCC/C=C/CCCCCCCC)COP(=O)(O)OCC[N+](C)(C)C. The summed E-state index contributed by atoms with van der Waals surface area (Å²) in [6.45, 7) is 4.36. The molecule has 0 rings (SSSR count). The third kappa shape index (κ3) is 39.9. The van der Waals surface area contributed by atoms with Gasteiger partial charge in [-0.05, 0) is 64.2 Å². The Morgan fingerprint density at radius 2 is 1.00 bits per heavy atom. The molecule has 0 saturated heterocycles. The van der Waals surface area contributed by atoms with Gasteiger partial charge >= 0.3 is 19.8 Å². The maximum absolute atomic E-state index is 12.7. The second kappa shape index (κ2) is 36.8. The fourth-order valence-electron chi connectivity index (χ4n) is 5.70. The van der Waals surface area contributed by atoms with Gasteiger partial charge in [-0.15, -0.1) is 0 Å². The number of hydrogen-bond acceptors (Lipinski definition) is 7. The average molecular weight is 785 g/mol. The van der Waals surface area contributed by atoms with Crippen LogP contribution in [0.2, 0.25) is 0 Å². The number of likely N-dealkylation sites (N-methyl/N-ethyl adjacent to an activating group) is 1. The summed E-state index contributed by atoms with van der Waals surface area (Å²) in [5.41, 5.74) is 0. The van der Waals surface area contributed by atoms with Crippen molar-refractivity contribution in [2.24, 2.45) is 0 Å². The number of esters is 2. The van der Waals surface area contributed by atoms with Crippen molar-refractivity contribution in [1.29, 1.82) is 0 Å². The summed E-state index contributed by atoms with van der Waals surface area (Å²) in [6, 6.07) is 0. The van der Waals surface area contributed by atoms with Gasteiger partial charge < -0.3 is 18.9 Å². The zero-order chi connectivity index (χ0) is 40.0. The Balaban J connectivity index is 4.41. The summed E-state index contributed by atoms with van der Waals surface area (Å²) in [5, 5.41) is 0. The monoisotopic (exact) mass is 785 g/mol. The quantitative estimate of drug-likeness (QED) is 0.0164. The lowest BCUT2D eigenvalue weighted by Crippen LogP contribution is -2.37. The first-order valence-corrected chi connectivity index (χ1v) is 23.2. The molecule has 2 atom stereocenters. The number of carbonyl (C=O) groups excluding carboxylic acids is 2. The van der Waals surface area contributed by atoms with E-state index in [-0.39, 0.29) is 32.0 Å². The van der Waals surface area contributed by atoms with E-state index in [0.29, 0.717) is 17.4 Å². The van der Waals surface area contributed by atoms with Gasteiger partial charge in [0.2, 0.25) is 0 Å². The molecule has 0 heterocycles. The Kier molecular flexibility index (Phi) is 35.6. The van der Waals surface area contributed by atoms with Crippen LogP contribution in [0.15, 0.2) is 36.5 Å². The molecule has 316 valence electrons. The van der Waals surface area contributed by atoms with Gasteiger partial charge in [-0.1, -0.05) is 140 Å². The first-order valence-electron chi connectivity index (χ1n) is 21.7. The fourth-order valence-corrected chi connectivity index (χ4v) is 6.45. The largest absolute Gasteiger partial charge is 0.472 e. The van der Waals surface area contributed by atoms with E-state index in [2.05, 4.69) is 50.3 Å². The lowest BCUT2D eigenvalue weighted by atomic mass is 10.1. The minimum atomic E-state index is -4.38. The van der Waals surface area contributed by atoms with Crippen LogP contribution in [0.5, 0.6) is 0 Å². The fraction of sp³-hybridized carbons (Fsp3) is 0.818. The third-order valence-corrected chi connectivity index (χ3v) is 10.2. The molecule has 0 fully saturated rings. The molecule has 1 unspecified atom stereocenters. The molecule has 0 aliphatic heterocycles. The van der Waals surface area contributed by atoms with Crippen molar-refractivity contribution in [3.05, 3.63) is 36.5 Å². The Morgan fingerprint density at radius 3 is 1.50 bits per heavy atom. The molecule has 54 heavy (non-hydrogen) atoms. The van der Waals surface area contributed by atoms with Crippen molar-refractivity contribution in [1.82, 2.24) is 0 Å². The molecule has 0 saturated carbocycles. The normalized spacial score (nSPS) is 14.0. The van der Waals surface area contributed by atoms with Crippen LogP contribution < -0.4 is 0 Å². The molecule has 1 N–H and O–H groups in total. The van der Waals surface area contributed by atoms with E-state index >= 15 is 0 Å². The second-order valence-electron chi connectivity index (χ2n) is 15.8. The highest BCUT2D eigenvalue weighted by Gasteiger charge is 2.27. The van der Waals surface area contributed by atoms with E-state index in [9.17, 15) is 19.0 Å². The van der Waals surface area contributed by atoms with Crippen LogP contribution in [0, 0.1) is 0 Å². The summed E-state index contributed by atoms with van der Waals surface area (Å²) in [4.78, 5) is 35.3. The highest BCUT2D eigenvalue weighted by Crippen LogP contribution is 2.43. The van der Waals surface area contributed by atoms with Gasteiger partial charge in [0.15, 0.2) is 6.10 Å². The number of hydrogen-bond donors (Lipinski definition) is 1. The summed E-state index contributed by atoms with van der Waals surface area (Å²) in [6.07, 6.45) is 40.4. The van der Waals surface area contributed by atoms with Crippen molar-refractivity contribution < 1.29 is 42.1 Å². The second-order valence-corrected chi connectivity index (χ2v) is 17.2. The highest BCUT2D eigenvalue weighted by atomic mass is 31.2. The first kappa shape index (κ1) is 52.2. The molecular weight excluding hydrogens is 701 g/mol. The van der Waals surface area contributed by atoms with Gasteiger partial charge in [-0.3, -0.25) is 18.6 Å². The lowest BCUT2D eigenvalue weighted by Gasteiger charge is -2.24. The molecule has 0 aliphatic carbocycles.